The first-order valence-corrected chi connectivity index (χ1v) is 13.4. The number of ether oxygens (including phenoxy) is 2. The fraction of sp³-hybridized carbons (Fsp3) is 0.435. The number of nitrogens with one attached hydrogen (secondary N) is 2. The summed E-state index contributed by atoms with van der Waals surface area (Å²) < 4.78 is 40.0. The number of fused-ring (bicyclic) bond motifs is 1. The van der Waals surface area contributed by atoms with Crippen molar-refractivity contribution < 1.29 is 28.0 Å². The second-order valence-corrected chi connectivity index (χ2v) is 11.5. The first kappa shape index (κ1) is 28.2. The molecule has 0 fully saturated rings. The van der Waals surface area contributed by atoms with Gasteiger partial charge in [0.2, 0.25) is 0 Å². The van der Waals surface area contributed by atoms with E-state index in [9.17, 15) is 18.5 Å². The molecule has 3 aromatic rings. The molecule has 1 aromatic carbocycles. The maximum Gasteiger partial charge on any atom is 0.326 e. The van der Waals surface area contributed by atoms with Crippen molar-refractivity contribution in [2.45, 2.75) is 58.9 Å². The van der Waals surface area contributed by atoms with Crippen LogP contribution in [0.3, 0.4) is 0 Å². The molecule has 0 aliphatic rings. The summed E-state index contributed by atoms with van der Waals surface area (Å²) in [7, 11) is -3.91. The van der Waals surface area contributed by atoms with E-state index in [4.69, 9.17) is 15.2 Å². The summed E-state index contributed by atoms with van der Waals surface area (Å²) in [6, 6.07) is 4.74. The van der Waals surface area contributed by atoms with Crippen molar-refractivity contribution in [1.82, 2.24) is 29.7 Å². The molecule has 0 saturated heterocycles. The first-order valence-electron chi connectivity index (χ1n) is 11.5. The van der Waals surface area contributed by atoms with Gasteiger partial charge in [-0.25, -0.2) is 24.4 Å². The van der Waals surface area contributed by atoms with E-state index >= 15 is 0 Å². The molecule has 3 rings (SSSR count). The average Bonchev–Trinajstić information content (AvgIpc) is 3.21. The molecule has 1 amide bonds. The third-order valence-electron chi connectivity index (χ3n) is 5.13. The number of benzene rings is 1. The van der Waals surface area contributed by atoms with Crippen LogP contribution in [-0.4, -0.2) is 55.5 Å². The Hall–Kier alpha value is -3.41. The molecular weight excluding hydrogens is 504 g/mol. The number of hydrogen-bond acceptors (Lipinski definition) is 9. The number of carbonyl (C=O) groups excluding carboxylic acids is 2. The second-order valence-electron chi connectivity index (χ2n) is 9.31. The smallest absolute Gasteiger partial charge is 0.326 e. The maximum absolute atomic E-state index is 13.9. The van der Waals surface area contributed by atoms with Gasteiger partial charge >= 0.3 is 5.97 Å². The van der Waals surface area contributed by atoms with E-state index in [1.54, 1.807) is 25.3 Å². The van der Waals surface area contributed by atoms with Gasteiger partial charge in [-0.3, -0.25) is 19.2 Å². The van der Waals surface area contributed by atoms with Crippen LogP contribution < -0.4 is 15.9 Å². The Labute approximate surface area is 213 Å². The van der Waals surface area contributed by atoms with E-state index in [2.05, 4.69) is 25.1 Å². The van der Waals surface area contributed by atoms with Crippen molar-refractivity contribution in [2.24, 2.45) is 0 Å². The number of rotatable bonds is 11. The molecule has 0 saturated carbocycles. The van der Waals surface area contributed by atoms with Gasteiger partial charge < -0.3 is 19.8 Å². The quantitative estimate of drug-likeness (QED) is 0.246. The monoisotopic (exact) mass is 535 g/mol. The van der Waals surface area contributed by atoms with E-state index in [0.29, 0.717) is 11.2 Å². The van der Waals surface area contributed by atoms with Gasteiger partial charge in [0.25, 0.3) is 13.4 Å². The summed E-state index contributed by atoms with van der Waals surface area (Å²) in [5, 5.41) is 5.17. The van der Waals surface area contributed by atoms with Gasteiger partial charge in [0.15, 0.2) is 11.5 Å². The van der Waals surface area contributed by atoms with Gasteiger partial charge in [0, 0.05) is 5.56 Å². The van der Waals surface area contributed by atoms with Crippen molar-refractivity contribution in [1.29, 1.82) is 0 Å². The maximum atomic E-state index is 13.9. The van der Waals surface area contributed by atoms with E-state index in [-0.39, 0.29) is 17.9 Å². The van der Waals surface area contributed by atoms with Crippen molar-refractivity contribution in [3.63, 3.8) is 0 Å². The van der Waals surface area contributed by atoms with Gasteiger partial charge in [-0.15, -0.1) is 0 Å². The number of esters is 1. The molecule has 12 nitrogen and oxygen atoms in total. The van der Waals surface area contributed by atoms with Crippen LogP contribution in [0.4, 0.5) is 10.2 Å². The minimum Gasteiger partial charge on any atom is -0.462 e. The molecule has 0 unspecified atom stereocenters. The van der Waals surface area contributed by atoms with Crippen molar-refractivity contribution >= 4 is 36.3 Å². The number of halogens is 1. The predicted octanol–water partition coefficient (Wildman–Crippen LogP) is 2.85. The molecule has 0 radical (unpaired) electrons. The Bertz CT molecular complexity index is 1310. The molecule has 0 aliphatic heterocycles. The molecule has 2 aromatic heterocycles. The number of nitrogens with zero attached hydrogens (tertiary/aromatic N) is 4. The fourth-order valence-electron chi connectivity index (χ4n) is 3.38. The number of nitrogens with two attached hydrogens (primary N) is 1. The zero-order chi connectivity index (χ0) is 27.4. The van der Waals surface area contributed by atoms with Gasteiger partial charge in [-0.2, -0.15) is 0 Å². The molecule has 14 heteroatoms. The lowest BCUT2D eigenvalue weighted by molar-refractivity contribution is -0.153. The standard InChI is InChI=1S/C23H31FN7O5P/c1-14(2)36-22(33)23(4,5)30-37(34,29-21(32)16-6-8-17(24)9-7-16)13-35-15(3)10-31-12-28-18-19(25)26-11-27-20(18)31/h6-9,11-12,14-15H,10,13H2,1-5H3,(H2,25,26,27)(H2,29,30,32,34)/t15-,37+/m1/s1. The lowest BCUT2D eigenvalue weighted by Crippen LogP contribution is -2.49. The van der Waals surface area contributed by atoms with Crippen LogP contribution in [0.15, 0.2) is 36.9 Å². The van der Waals surface area contributed by atoms with Gasteiger partial charge in [0.1, 0.15) is 29.5 Å². The number of imidazole rings is 1. The Morgan fingerprint density at radius 2 is 1.84 bits per heavy atom. The van der Waals surface area contributed by atoms with E-state index < -0.39 is 49.2 Å². The zero-order valence-electron chi connectivity index (χ0n) is 21.3. The minimum atomic E-state index is -3.91. The van der Waals surface area contributed by atoms with Crippen molar-refractivity contribution in [3.05, 3.63) is 48.3 Å². The lowest BCUT2D eigenvalue weighted by Gasteiger charge is -2.31. The number of hydrogen-bond donors (Lipinski definition) is 3. The normalized spacial score (nSPS) is 14.4. The molecule has 2 atom stereocenters. The van der Waals surface area contributed by atoms with Crippen LogP contribution in [0.5, 0.6) is 0 Å². The predicted molar refractivity (Wildman–Crippen MR) is 135 cm³/mol. The van der Waals surface area contributed by atoms with Crippen LogP contribution in [0.25, 0.3) is 11.2 Å². The van der Waals surface area contributed by atoms with Crippen LogP contribution in [-0.2, 0) is 25.4 Å². The molecule has 2 heterocycles. The summed E-state index contributed by atoms with van der Waals surface area (Å²) in [6.07, 6.45) is 1.49. The Morgan fingerprint density at radius 1 is 1.16 bits per heavy atom. The highest BCUT2D eigenvalue weighted by Gasteiger charge is 2.39. The number of aromatic nitrogens is 4. The third-order valence-corrected chi connectivity index (χ3v) is 7.12. The zero-order valence-corrected chi connectivity index (χ0v) is 22.2. The molecule has 0 bridgehead atoms. The van der Waals surface area contributed by atoms with E-state index in [1.807, 2.05) is 0 Å². The number of anilines is 1. The van der Waals surface area contributed by atoms with Crippen LogP contribution in [0.2, 0.25) is 0 Å². The average molecular weight is 536 g/mol. The Kier molecular flexibility index (Phi) is 8.62. The van der Waals surface area contributed by atoms with Crippen LogP contribution in [0, 0.1) is 5.82 Å². The Morgan fingerprint density at radius 3 is 2.49 bits per heavy atom. The highest BCUT2D eigenvalue weighted by atomic mass is 31.2. The highest BCUT2D eigenvalue weighted by molar-refractivity contribution is 7.60. The van der Waals surface area contributed by atoms with Crippen LogP contribution >= 0.6 is 7.44 Å². The van der Waals surface area contributed by atoms with Gasteiger partial charge in [-0.1, -0.05) is 0 Å². The van der Waals surface area contributed by atoms with E-state index in [1.165, 1.54) is 38.6 Å². The third kappa shape index (κ3) is 7.31. The lowest BCUT2D eigenvalue weighted by atomic mass is 10.1. The largest absolute Gasteiger partial charge is 0.462 e. The van der Waals surface area contributed by atoms with Gasteiger partial charge in [0.05, 0.1) is 25.1 Å². The number of amides is 1. The van der Waals surface area contributed by atoms with Crippen LogP contribution in [0.1, 0.15) is 45.0 Å². The fourth-order valence-corrected chi connectivity index (χ4v) is 5.48. The molecule has 4 N–H and O–H groups in total. The summed E-state index contributed by atoms with van der Waals surface area (Å²) >= 11 is 0. The topological polar surface area (TPSA) is 163 Å². The molecular formula is C23H31FN7O5P. The van der Waals surface area contributed by atoms with E-state index in [0.717, 1.165) is 12.1 Å². The summed E-state index contributed by atoms with van der Waals surface area (Å²) in [5.74, 6) is -1.67. The van der Waals surface area contributed by atoms with Crippen molar-refractivity contribution in [2.75, 3.05) is 12.1 Å². The minimum absolute atomic E-state index is 0.0844. The first-order chi connectivity index (χ1) is 17.3. The molecule has 0 aliphatic carbocycles. The summed E-state index contributed by atoms with van der Waals surface area (Å²) in [6.45, 7) is 8.36. The summed E-state index contributed by atoms with van der Waals surface area (Å²) in [5.41, 5.74) is 5.43. The van der Waals surface area contributed by atoms with Crippen molar-refractivity contribution in [3.8, 4) is 0 Å². The number of nitrogen functional groups attached to an aromatic ring is 1. The number of carbonyl (C=O) groups is 2. The molecule has 200 valence electrons. The Balaban J connectivity index is 1.77. The molecule has 37 heavy (non-hydrogen) atoms. The van der Waals surface area contributed by atoms with Gasteiger partial charge in [-0.05, 0) is 58.9 Å². The molecule has 0 spiro atoms. The summed E-state index contributed by atoms with van der Waals surface area (Å²) in [4.78, 5) is 37.7. The second kappa shape index (κ2) is 11.3. The SMILES string of the molecule is CC(C)OC(=O)C(C)(C)N[P@](=O)(CO[C@H](C)Cn1cnc2c(N)ncnc21)NC(=O)c1ccc(F)cc1. The highest BCUT2D eigenvalue weighted by Crippen LogP contribution is 2.40.